The number of carbonyl (C=O) groups is 2. The molecule has 0 atom stereocenters. The number of hydrogen-bond donors (Lipinski definition) is 2. The molecule has 7 heteroatoms. The van der Waals surface area contributed by atoms with Crippen LogP contribution in [0.1, 0.15) is 15.9 Å². The maximum Gasteiger partial charge on any atom is 0.274 e. The molecular weight excluding hydrogens is 336 g/mol. The van der Waals surface area contributed by atoms with Gasteiger partial charge >= 0.3 is 0 Å². The quantitative estimate of drug-likeness (QED) is 0.693. The van der Waals surface area contributed by atoms with Crippen molar-refractivity contribution in [3.05, 3.63) is 83.0 Å². The number of carbonyl (C=O) groups excluding carboxylic acids is 2. The molecule has 2 N–H and O–H groups in total. The first-order valence-corrected chi connectivity index (χ1v) is 8.31. The SMILES string of the molecule is O=C(Nc1nncs1)/C(=C/c1ccccc1)NC(=O)c1ccccc1. The number of rotatable bonds is 5. The number of anilines is 1. The molecule has 0 fully saturated rings. The van der Waals surface area contributed by atoms with Gasteiger partial charge in [0.2, 0.25) is 5.13 Å². The minimum atomic E-state index is -0.468. The normalized spacial score (nSPS) is 11.0. The van der Waals surface area contributed by atoms with E-state index >= 15 is 0 Å². The highest BCUT2D eigenvalue weighted by atomic mass is 32.1. The number of hydrogen-bond acceptors (Lipinski definition) is 5. The molecule has 0 radical (unpaired) electrons. The number of amides is 2. The summed E-state index contributed by atoms with van der Waals surface area (Å²) in [5.41, 5.74) is 2.89. The van der Waals surface area contributed by atoms with Gasteiger partial charge in [-0.2, -0.15) is 0 Å². The van der Waals surface area contributed by atoms with E-state index in [0.717, 1.165) is 5.56 Å². The summed E-state index contributed by atoms with van der Waals surface area (Å²) in [6.45, 7) is 0. The maximum atomic E-state index is 12.5. The summed E-state index contributed by atoms with van der Waals surface area (Å²) in [5.74, 6) is -0.833. The van der Waals surface area contributed by atoms with Crippen molar-refractivity contribution in [3.63, 3.8) is 0 Å². The van der Waals surface area contributed by atoms with Crippen molar-refractivity contribution < 1.29 is 9.59 Å². The fourth-order valence-corrected chi connectivity index (χ4v) is 2.49. The Bertz CT molecular complexity index is 878. The lowest BCUT2D eigenvalue weighted by Crippen LogP contribution is -2.30. The lowest BCUT2D eigenvalue weighted by atomic mass is 10.1. The van der Waals surface area contributed by atoms with E-state index in [1.165, 1.54) is 16.8 Å². The largest absolute Gasteiger partial charge is 0.317 e. The first-order valence-electron chi connectivity index (χ1n) is 7.43. The minimum absolute atomic E-state index is 0.121. The summed E-state index contributed by atoms with van der Waals surface area (Å²) in [6.07, 6.45) is 1.61. The van der Waals surface area contributed by atoms with Gasteiger partial charge in [-0.25, -0.2) is 0 Å². The molecular formula is C18H14N4O2S. The van der Waals surface area contributed by atoms with E-state index in [2.05, 4.69) is 20.8 Å². The van der Waals surface area contributed by atoms with Crippen LogP contribution in [0, 0.1) is 0 Å². The molecule has 0 aliphatic carbocycles. The summed E-state index contributed by atoms with van der Waals surface area (Å²) in [6, 6.07) is 18.0. The Morgan fingerprint density at radius 1 is 0.960 bits per heavy atom. The second-order valence-electron chi connectivity index (χ2n) is 4.99. The molecule has 1 heterocycles. The number of benzene rings is 2. The lowest BCUT2D eigenvalue weighted by Gasteiger charge is -2.09. The van der Waals surface area contributed by atoms with E-state index in [9.17, 15) is 9.59 Å². The number of nitrogens with zero attached hydrogens (tertiary/aromatic N) is 2. The highest BCUT2D eigenvalue weighted by Crippen LogP contribution is 2.12. The molecule has 0 spiro atoms. The van der Waals surface area contributed by atoms with Crippen molar-refractivity contribution in [1.29, 1.82) is 0 Å². The van der Waals surface area contributed by atoms with Gasteiger partial charge in [-0.05, 0) is 23.8 Å². The molecule has 2 amide bonds. The predicted octanol–water partition coefficient (Wildman–Crippen LogP) is 2.95. The number of aromatic nitrogens is 2. The highest BCUT2D eigenvalue weighted by molar-refractivity contribution is 7.13. The van der Waals surface area contributed by atoms with Crippen LogP contribution >= 0.6 is 11.3 Å². The van der Waals surface area contributed by atoms with Crippen molar-refractivity contribution in [2.24, 2.45) is 0 Å². The van der Waals surface area contributed by atoms with Gasteiger partial charge in [0.15, 0.2) is 0 Å². The Morgan fingerprint density at radius 3 is 2.28 bits per heavy atom. The fraction of sp³-hybridized carbons (Fsp3) is 0. The van der Waals surface area contributed by atoms with Crippen molar-refractivity contribution in [2.45, 2.75) is 0 Å². The number of nitrogens with one attached hydrogen (secondary N) is 2. The van der Waals surface area contributed by atoms with Gasteiger partial charge < -0.3 is 5.32 Å². The van der Waals surface area contributed by atoms with E-state index < -0.39 is 5.91 Å². The van der Waals surface area contributed by atoms with Gasteiger partial charge in [0.25, 0.3) is 11.8 Å². The van der Waals surface area contributed by atoms with Crippen LogP contribution in [0.5, 0.6) is 0 Å². The van der Waals surface area contributed by atoms with E-state index in [1.54, 1.807) is 30.3 Å². The third kappa shape index (κ3) is 4.58. The van der Waals surface area contributed by atoms with Crippen LogP contribution in [-0.2, 0) is 4.79 Å². The Kier molecular flexibility index (Phi) is 5.28. The van der Waals surface area contributed by atoms with Crippen LogP contribution < -0.4 is 10.6 Å². The summed E-state index contributed by atoms with van der Waals surface area (Å²) >= 11 is 1.20. The van der Waals surface area contributed by atoms with Crippen LogP contribution in [0.4, 0.5) is 5.13 Å². The Hall–Kier alpha value is -3.32. The summed E-state index contributed by atoms with van der Waals surface area (Å²) < 4.78 is 0. The van der Waals surface area contributed by atoms with E-state index in [-0.39, 0.29) is 11.6 Å². The van der Waals surface area contributed by atoms with E-state index in [4.69, 9.17) is 0 Å². The molecule has 1 aromatic heterocycles. The van der Waals surface area contributed by atoms with Crippen molar-refractivity contribution in [2.75, 3.05) is 5.32 Å². The lowest BCUT2D eigenvalue weighted by molar-refractivity contribution is -0.113. The zero-order chi connectivity index (χ0) is 17.5. The Balaban J connectivity index is 1.85. The van der Waals surface area contributed by atoms with Crippen molar-refractivity contribution >= 4 is 34.4 Å². The smallest absolute Gasteiger partial charge is 0.274 e. The van der Waals surface area contributed by atoms with Crippen LogP contribution in [0.15, 0.2) is 71.9 Å². The standard InChI is InChI=1S/C18H14N4O2S/c23-16(14-9-5-2-6-10-14)20-15(11-13-7-3-1-4-8-13)17(24)21-18-22-19-12-25-18/h1-12H,(H,20,23)(H,21,22,24)/b15-11-. The average molecular weight is 350 g/mol. The highest BCUT2D eigenvalue weighted by Gasteiger charge is 2.15. The Morgan fingerprint density at radius 2 is 1.64 bits per heavy atom. The fourth-order valence-electron chi connectivity index (χ4n) is 2.05. The first-order chi connectivity index (χ1) is 12.2. The van der Waals surface area contributed by atoms with Gasteiger partial charge in [0, 0.05) is 5.56 Å². The van der Waals surface area contributed by atoms with Gasteiger partial charge in [-0.3, -0.25) is 14.9 Å². The van der Waals surface area contributed by atoms with Crippen LogP contribution in [0.2, 0.25) is 0 Å². The molecule has 6 nitrogen and oxygen atoms in total. The molecule has 0 unspecified atom stereocenters. The molecule has 3 rings (SSSR count). The van der Waals surface area contributed by atoms with E-state index in [0.29, 0.717) is 10.7 Å². The molecule has 0 saturated carbocycles. The van der Waals surface area contributed by atoms with Crippen molar-refractivity contribution in [1.82, 2.24) is 15.5 Å². The third-order valence-corrected chi connectivity index (χ3v) is 3.83. The minimum Gasteiger partial charge on any atom is -0.317 e. The van der Waals surface area contributed by atoms with E-state index in [1.807, 2.05) is 36.4 Å². The zero-order valence-electron chi connectivity index (χ0n) is 13.0. The first kappa shape index (κ1) is 16.5. The molecule has 124 valence electrons. The zero-order valence-corrected chi connectivity index (χ0v) is 13.9. The van der Waals surface area contributed by atoms with Crippen LogP contribution in [0.3, 0.4) is 0 Å². The Labute approximate surface area is 148 Å². The van der Waals surface area contributed by atoms with Crippen LogP contribution in [0.25, 0.3) is 6.08 Å². The predicted molar refractivity (Wildman–Crippen MR) is 96.9 cm³/mol. The molecule has 2 aromatic carbocycles. The average Bonchev–Trinajstić information content (AvgIpc) is 3.15. The van der Waals surface area contributed by atoms with Crippen LogP contribution in [-0.4, -0.2) is 22.0 Å². The van der Waals surface area contributed by atoms with Crippen molar-refractivity contribution in [3.8, 4) is 0 Å². The monoisotopic (exact) mass is 350 g/mol. The molecule has 0 bridgehead atoms. The maximum absolute atomic E-state index is 12.5. The third-order valence-electron chi connectivity index (χ3n) is 3.22. The molecule has 0 saturated heterocycles. The van der Waals surface area contributed by atoms with Gasteiger partial charge in [0.1, 0.15) is 11.2 Å². The topological polar surface area (TPSA) is 84.0 Å². The molecule has 0 aliphatic rings. The van der Waals surface area contributed by atoms with Gasteiger partial charge in [0.05, 0.1) is 0 Å². The van der Waals surface area contributed by atoms with Gasteiger partial charge in [-0.1, -0.05) is 59.9 Å². The second kappa shape index (κ2) is 7.98. The summed E-state index contributed by atoms with van der Waals surface area (Å²) in [4.78, 5) is 24.9. The molecule has 3 aromatic rings. The molecule has 25 heavy (non-hydrogen) atoms. The summed E-state index contributed by atoms with van der Waals surface area (Å²) in [7, 11) is 0. The second-order valence-corrected chi connectivity index (χ2v) is 5.82. The summed E-state index contributed by atoms with van der Waals surface area (Å²) in [5, 5.41) is 13.1. The molecule has 0 aliphatic heterocycles. The van der Waals surface area contributed by atoms with Gasteiger partial charge in [-0.15, -0.1) is 10.2 Å².